The molecule has 0 aliphatic heterocycles. The summed E-state index contributed by atoms with van der Waals surface area (Å²) in [6.07, 6.45) is 0. The van der Waals surface area contributed by atoms with Crippen molar-refractivity contribution in [2.24, 2.45) is 0 Å². The Morgan fingerprint density at radius 3 is 1.48 bits per heavy atom. The number of hydrogen-bond donors (Lipinski definition) is 0. The molecule has 0 saturated carbocycles. The van der Waals surface area contributed by atoms with Gasteiger partial charge in [-0.1, -0.05) is 152 Å². The van der Waals surface area contributed by atoms with Gasteiger partial charge in [-0.2, -0.15) is 9.97 Å². The van der Waals surface area contributed by atoms with Crippen molar-refractivity contribution in [2.75, 3.05) is 0 Å². The van der Waals surface area contributed by atoms with E-state index in [2.05, 4.69) is 159 Å². The van der Waals surface area contributed by atoms with Crippen LogP contribution in [0.15, 0.2) is 217 Å². The van der Waals surface area contributed by atoms with E-state index < -0.39 is 0 Å². The lowest BCUT2D eigenvalue weighted by Gasteiger charge is -2.13. The number of aromatic nitrogens is 7. The Bertz CT molecular complexity index is 4160. The highest BCUT2D eigenvalue weighted by Gasteiger charge is 2.25. The minimum atomic E-state index is 0.530. The van der Waals surface area contributed by atoms with E-state index in [0.29, 0.717) is 29.1 Å². The lowest BCUT2D eigenvalue weighted by atomic mass is 10.1. The number of hydrogen-bond acceptors (Lipinski definition) is 5. The Hall–Kier alpha value is -9.14. The fraction of sp³-hybridized carbons (Fsp3) is 0. The Kier molecular flexibility index (Phi) is 7.81. The molecule has 0 N–H and O–H groups in total. The fourth-order valence-corrected chi connectivity index (χ4v) is 10.1. The Morgan fingerprint density at radius 1 is 0.333 bits per heavy atom. The molecule has 0 unspecified atom stereocenters. The summed E-state index contributed by atoms with van der Waals surface area (Å²) in [5.41, 5.74) is 12.5. The quantitative estimate of drug-likeness (QED) is 0.167. The average Bonchev–Trinajstić information content (AvgIpc) is 4.15. The van der Waals surface area contributed by atoms with Crippen LogP contribution in [0.2, 0.25) is 0 Å². The number of fused-ring (bicyclic) bond motifs is 11. The largest absolute Gasteiger partial charge is 0.434 e. The SMILES string of the molecule is c1ccc(-c2nc(-c3ccccc3)nc(-n3c4ccccc4c4ccc5c6ccccc6n(-c6cccc7nc(-c8ccc9c(c8)c8ccccc8n9-c8ccccc8)oc67)c5c43)n2)cc1. The highest BCUT2D eigenvalue weighted by Crippen LogP contribution is 2.43. The highest BCUT2D eigenvalue weighted by molar-refractivity contribution is 6.24. The lowest BCUT2D eigenvalue weighted by Crippen LogP contribution is -2.07. The molecule has 0 fully saturated rings. The molecule has 5 aromatic heterocycles. The molecule has 14 rings (SSSR count). The van der Waals surface area contributed by atoms with Crippen LogP contribution in [0.25, 0.3) is 128 Å². The first-order valence-corrected chi connectivity index (χ1v) is 22.1. The Balaban J connectivity index is 1.04. The van der Waals surface area contributed by atoms with Gasteiger partial charge in [0.25, 0.3) is 0 Å². The van der Waals surface area contributed by atoms with Crippen molar-refractivity contribution in [3.8, 4) is 51.6 Å². The summed E-state index contributed by atoms with van der Waals surface area (Å²) in [6, 6.07) is 73.7. The van der Waals surface area contributed by atoms with Crippen molar-refractivity contribution in [1.29, 1.82) is 0 Å². The van der Waals surface area contributed by atoms with Gasteiger partial charge in [0, 0.05) is 54.7 Å². The summed E-state index contributed by atoms with van der Waals surface area (Å²) >= 11 is 0. The van der Waals surface area contributed by atoms with E-state index in [4.69, 9.17) is 24.4 Å². The lowest BCUT2D eigenvalue weighted by molar-refractivity contribution is 0.618. The molecule has 14 aromatic rings. The van der Waals surface area contributed by atoms with Crippen LogP contribution in [0.5, 0.6) is 0 Å². The van der Waals surface area contributed by atoms with Gasteiger partial charge in [-0.15, -0.1) is 0 Å². The zero-order valence-electron chi connectivity index (χ0n) is 35.2. The van der Waals surface area contributed by atoms with Crippen LogP contribution in [0.3, 0.4) is 0 Å². The predicted octanol–water partition coefficient (Wildman–Crippen LogP) is 14.3. The van der Waals surface area contributed by atoms with Crippen LogP contribution in [0.1, 0.15) is 0 Å². The van der Waals surface area contributed by atoms with E-state index in [1.165, 1.54) is 5.39 Å². The third-order valence-corrected chi connectivity index (χ3v) is 12.9. The second-order valence-corrected chi connectivity index (χ2v) is 16.6. The number of benzene rings is 9. The summed E-state index contributed by atoms with van der Waals surface area (Å²) in [7, 11) is 0. The second kappa shape index (κ2) is 14.2. The minimum Gasteiger partial charge on any atom is -0.434 e. The van der Waals surface area contributed by atoms with E-state index in [-0.39, 0.29) is 0 Å². The molecule has 0 amide bonds. The normalized spacial score (nSPS) is 11.9. The topological polar surface area (TPSA) is 79.5 Å². The van der Waals surface area contributed by atoms with Gasteiger partial charge in [-0.05, 0) is 60.7 Å². The molecule has 0 aliphatic rings. The van der Waals surface area contributed by atoms with Crippen molar-refractivity contribution in [2.45, 2.75) is 0 Å². The molecule has 9 aromatic carbocycles. The Labute approximate surface area is 376 Å². The molecule has 66 heavy (non-hydrogen) atoms. The summed E-state index contributed by atoms with van der Waals surface area (Å²) in [4.78, 5) is 20.8. The van der Waals surface area contributed by atoms with Gasteiger partial charge in [-0.3, -0.25) is 4.57 Å². The molecule has 0 saturated heterocycles. The molecule has 8 nitrogen and oxygen atoms in total. The van der Waals surface area contributed by atoms with Crippen LogP contribution in [-0.2, 0) is 0 Å². The number of rotatable bonds is 6. The molecule has 308 valence electrons. The number of para-hydroxylation sites is 5. The average molecular weight is 846 g/mol. The molecule has 0 bridgehead atoms. The third kappa shape index (κ3) is 5.39. The van der Waals surface area contributed by atoms with Crippen molar-refractivity contribution >= 4 is 76.5 Å². The predicted molar refractivity (Wildman–Crippen MR) is 267 cm³/mol. The standard InChI is InChI=1S/C58H35N7O/c1-4-17-36(18-5-1)55-60-56(37-19-6-2-7-20-37)62-58(61-55)65-49-29-15-11-24-41(49)44-33-32-43-40-23-10-14-28-48(40)64(52(43)53(44)65)51-30-16-26-46-54(51)66-57(59-46)38-31-34-50-45(35-38)42-25-12-13-27-47(42)63(50)39-21-8-3-9-22-39/h1-35H. The van der Waals surface area contributed by atoms with Crippen molar-refractivity contribution in [1.82, 2.24) is 33.6 Å². The third-order valence-electron chi connectivity index (χ3n) is 12.9. The molecule has 0 radical (unpaired) electrons. The van der Waals surface area contributed by atoms with E-state index in [1.54, 1.807) is 0 Å². The van der Waals surface area contributed by atoms with Crippen molar-refractivity contribution in [3.05, 3.63) is 212 Å². The smallest absolute Gasteiger partial charge is 0.238 e. The van der Waals surface area contributed by atoms with E-state index in [9.17, 15) is 0 Å². The van der Waals surface area contributed by atoms with Crippen molar-refractivity contribution in [3.63, 3.8) is 0 Å². The van der Waals surface area contributed by atoms with Crippen LogP contribution >= 0.6 is 0 Å². The van der Waals surface area contributed by atoms with E-state index in [0.717, 1.165) is 93.6 Å². The molecule has 0 atom stereocenters. The van der Waals surface area contributed by atoms with Gasteiger partial charge in [0.1, 0.15) is 5.52 Å². The second-order valence-electron chi connectivity index (χ2n) is 16.6. The number of nitrogens with zero attached hydrogens (tertiary/aromatic N) is 7. The zero-order chi connectivity index (χ0) is 43.3. The van der Waals surface area contributed by atoms with Gasteiger partial charge < -0.3 is 13.6 Å². The maximum Gasteiger partial charge on any atom is 0.238 e. The van der Waals surface area contributed by atoms with Crippen molar-refractivity contribution < 1.29 is 4.42 Å². The maximum absolute atomic E-state index is 7.00. The first-order valence-electron chi connectivity index (χ1n) is 22.1. The van der Waals surface area contributed by atoms with E-state index >= 15 is 0 Å². The molecule has 0 aliphatic carbocycles. The van der Waals surface area contributed by atoms with Crippen LogP contribution < -0.4 is 0 Å². The molecule has 8 heteroatoms. The molecule has 0 spiro atoms. The monoisotopic (exact) mass is 845 g/mol. The zero-order valence-corrected chi connectivity index (χ0v) is 35.2. The summed E-state index contributed by atoms with van der Waals surface area (Å²) < 4.78 is 13.9. The fourth-order valence-electron chi connectivity index (χ4n) is 10.1. The Morgan fingerprint density at radius 2 is 0.848 bits per heavy atom. The van der Waals surface area contributed by atoms with Gasteiger partial charge in [-0.25, -0.2) is 9.97 Å². The maximum atomic E-state index is 7.00. The molecular formula is C58H35N7O. The van der Waals surface area contributed by atoms with Crippen LogP contribution in [0.4, 0.5) is 0 Å². The number of oxazole rings is 1. The first kappa shape index (κ1) is 36.4. The van der Waals surface area contributed by atoms with Gasteiger partial charge in [0.05, 0.1) is 38.8 Å². The minimum absolute atomic E-state index is 0.530. The van der Waals surface area contributed by atoms with E-state index in [1.807, 2.05) is 66.7 Å². The highest BCUT2D eigenvalue weighted by atomic mass is 16.3. The van der Waals surface area contributed by atoms with Crippen LogP contribution in [-0.4, -0.2) is 33.6 Å². The summed E-state index contributed by atoms with van der Waals surface area (Å²) in [5, 5.41) is 6.70. The molecular weight excluding hydrogens is 811 g/mol. The van der Waals surface area contributed by atoms with Gasteiger partial charge in [0.15, 0.2) is 17.2 Å². The van der Waals surface area contributed by atoms with Crippen LogP contribution in [0, 0.1) is 0 Å². The van der Waals surface area contributed by atoms with Gasteiger partial charge >= 0.3 is 0 Å². The summed E-state index contributed by atoms with van der Waals surface area (Å²) in [5.74, 6) is 2.28. The molecule has 5 heterocycles. The van der Waals surface area contributed by atoms with Gasteiger partial charge in [0.2, 0.25) is 11.8 Å². The summed E-state index contributed by atoms with van der Waals surface area (Å²) in [6.45, 7) is 0. The first-order chi connectivity index (χ1) is 32.7.